The molecule has 1 aromatic heterocycles. The molecule has 0 atom stereocenters. The molecule has 0 radical (unpaired) electrons. The van der Waals surface area contributed by atoms with Crippen molar-refractivity contribution in [3.8, 4) is 0 Å². The van der Waals surface area contributed by atoms with E-state index < -0.39 is 0 Å². The van der Waals surface area contributed by atoms with Gasteiger partial charge in [0.1, 0.15) is 0 Å². The maximum Gasteiger partial charge on any atom is 0.259 e. The van der Waals surface area contributed by atoms with Gasteiger partial charge < -0.3 is 4.98 Å². The average molecular weight is 259 g/mol. The molecule has 0 aliphatic heterocycles. The highest BCUT2D eigenvalue weighted by molar-refractivity contribution is 7.99. The van der Waals surface area contributed by atoms with Crippen molar-refractivity contribution >= 4 is 17.5 Å². The summed E-state index contributed by atoms with van der Waals surface area (Å²) in [7, 11) is 0. The van der Waals surface area contributed by atoms with Gasteiger partial charge in [-0.05, 0) is 32.0 Å². The number of aryl methyl sites for hydroxylation is 1. The van der Waals surface area contributed by atoms with Crippen molar-refractivity contribution in [1.82, 2.24) is 4.98 Å². The number of aromatic amines is 1. The summed E-state index contributed by atoms with van der Waals surface area (Å²) in [4.78, 5) is 27.6. The van der Waals surface area contributed by atoms with E-state index in [1.165, 1.54) is 18.7 Å². The lowest BCUT2D eigenvalue weighted by atomic mass is 10.2. The third-order valence-electron chi connectivity index (χ3n) is 2.54. The number of carbonyl (C=O) groups excluding carboxylic acids is 1. The molecule has 0 spiro atoms. The van der Waals surface area contributed by atoms with E-state index in [9.17, 15) is 9.59 Å². The maximum absolute atomic E-state index is 11.6. The Labute approximate surface area is 109 Å². The summed E-state index contributed by atoms with van der Waals surface area (Å²) in [6.07, 6.45) is 0. The molecule has 3 nitrogen and oxygen atoms in total. The van der Waals surface area contributed by atoms with Crippen LogP contribution in [0.3, 0.4) is 0 Å². The number of hydrogen-bond acceptors (Lipinski definition) is 3. The molecule has 0 fully saturated rings. The van der Waals surface area contributed by atoms with Gasteiger partial charge in [-0.3, -0.25) is 9.59 Å². The highest BCUT2D eigenvalue weighted by Crippen LogP contribution is 2.29. The molecular formula is C14H13NO2S. The van der Waals surface area contributed by atoms with Crippen molar-refractivity contribution in [1.29, 1.82) is 0 Å². The molecule has 0 unspecified atom stereocenters. The Morgan fingerprint density at radius 2 is 1.89 bits per heavy atom. The molecule has 0 bridgehead atoms. The second-order valence-corrected chi connectivity index (χ2v) is 5.09. The zero-order chi connectivity index (χ0) is 13.1. The van der Waals surface area contributed by atoms with Gasteiger partial charge in [0, 0.05) is 15.5 Å². The first-order valence-electron chi connectivity index (χ1n) is 5.55. The number of H-pyrrole nitrogens is 1. The van der Waals surface area contributed by atoms with Crippen molar-refractivity contribution in [3.05, 3.63) is 58.0 Å². The maximum atomic E-state index is 11.6. The molecule has 0 saturated heterocycles. The minimum absolute atomic E-state index is 0.207. The SMILES string of the molecule is CC(=O)c1cc(Sc2ccccc2)c(C)[nH]c1=O. The molecule has 1 heterocycles. The van der Waals surface area contributed by atoms with Crippen LogP contribution in [0.25, 0.3) is 0 Å². The molecule has 0 saturated carbocycles. The second-order valence-electron chi connectivity index (χ2n) is 3.97. The van der Waals surface area contributed by atoms with Crippen LogP contribution in [0.15, 0.2) is 51.0 Å². The lowest BCUT2D eigenvalue weighted by Gasteiger charge is -2.06. The summed E-state index contributed by atoms with van der Waals surface area (Å²) >= 11 is 1.53. The fraction of sp³-hybridized carbons (Fsp3) is 0.143. The highest BCUT2D eigenvalue weighted by Gasteiger charge is 2.10. The van der Waals surface area contributed by atoms with E-state index in [1.807, 2.05) is 37.3 Å². The van der Waals surface area contributed by atoms with E-state index in [1.54, 1.807) is 6.07 Å². The number of pyridine rings is 1. The number of Topliss-reactive ketones (excluding diaryl/α,β-unsaturated/α-hetero) is 1. The van der Waals surface area contributed by atoms with Crippen LogP contribution in [0, 0.1) is 6.92 Å². The predicted octanol–water partition coefficient (Wildman–Crippen LogP) is 3.04. The minimum atomic E-state index is -0.322. The van der Waals surface area contributed by atoms with Crippen LogP contribution < -0.4 is 5.56 Å². The minimum Gasteiger partial charge on any atom is -0.325 e. The van der Waals surface area contributed by atoms with Gasteiger partial charge >= 0.3 is 0 Å². The number of rotatable bonds is 3. The monoisotopic (exact) mass is 259 g/mol. The summed E-state index contributed by atoms with van der Waals surface area (Å²) in [6.45, 7) is 3.23. The van der Waals surface area contributed by atoms with Crippen molar-refractivity contribution in [2.45, 2.75) is 23.6 Å². The van der Waals surface area contributed by atoms with Crippen LogP contribution in [0.1, 0.15) is 23.0 Å². The Bertz CT molecular complexity index is 632. The summed E-state index contributed by atoms with van der Waals surface area (Å²) in [5.74, 6) is -0.217. The smallest absolute Gasteiger partial charge is 0.259 e. The van der Waals surface area contributed by atoms with E-state index in [4.69, 9.17) is 0 Å². The quantitative estimate of drug-likeness (QED) is 0.862. The zero-order valence-corrected chi connectivity index (χ0v) is 11.0. The number of ketones is 1. The van der Waals surface area contributed by atoms with Crippen molar-refractivity contribution in [3.63, 3.8) is 0 Å². The van der Waals surface area contributed by atoms with Gasteiger partial charge in [0.05, 0.1) is 5.56 Å². The Morgan fingerprint density at radius 1 is 1.22 bits per heavy atom. The lowest BCUT2D eigenvalue weighted by Crippen LogP contribution is -2.17. The van der Waals surface area contributed by atoms with Gasteiger partial charge in [-0.2, -0.15) is 0 Å². The van der Waals surface area contributed by atoms with E-state index in [-0.39, 0.29) is 16.9 Å². The molecule has 1 aromatic carbocycles. The summed E-state index contributed by atoms with van der Waals surface area (Å²) < 4.78 is 0. The first kappa shape index (κ1) is 12.6. The van der Waals surface area contributed by atoms with Crippen LogP contribution in [0.5, 0.6) is 0 Å². The fourth-order valence-corrected chi connectivity index (χ4v) is 2.52. The molecular weight excluding hydrogens is 246 g/mol. The third-order valence-corrected chi connectivity index (χ3v) is 3.69. The Balaban J connectivity index is 2.42. The number of aromatic nitrogens is 1. The van der Waals surface area contributed by atoms with Crippen LogP contribution >= 0.6 is 11.8 Å². The molecule has 2 aromatic rings. The molecule has 0 aliphatic rings. The molecule has 4 heteroatoms. The standard InChI is InChI=1S/C14H13NO2S/c1-9-13(18-11-6-4-3-5-7-11)8-12(10(2)16)14(17)15-9/h3-8H,1-2H3,(H,15,17). The first-order chi connectivity index (χ1) is 8.58. The van der Waals surface area contributed by atoms with Gasteiger partial charge in [-0.25, -0.2) is 0 Å². The zero-order valence-electron chi connectivity index (χ0n) is 10.2. The van der Waals surface area contributed by atoms with E-state index in [0.717, 1.165) is 15.5 Å². The van der Waals surface area contributed by atoms with Crippen LogP contribution in [-0.2, 0) is 0 Å². The number of carbonyl (C=O) groups is 1. The largest absolute Gasteiger partial charge is 0.325 e. The van der Waals surface area contributed by atoms with Crippen molar-refractivity contribution in [2.24, 2.45) is 0 Å². The normalized spacial score (nSPS) is 10.3. The number of benzene rings is 1. The molecule has 92 valence electrons. The molecule has 18 heavy (non-hydrogen) atoms. The summed E-state index contributed by atoms with van der Waals surface area (Å²) in [5, 5.41) is 0. The third kappa shape index (κ3) is 2.71. The van der Waals surface area contributed by atoms with Gasteiger partial charge in [0.25, 0.3) is 5.56 Å². The van der Waals surface area contributed by atoms with Crippen LogP contribution in [0.4, 0.5) is 0 Å². The molecule has 0 aliphatic carbocycles. The summed E-state index contributed by atoms with van der Waals surface area (Å²) in [5.41, 5.74) is 0.662. The average Bonchev–Trinajstić information content (AvgIpc) is 2.33. The highest BCUT2D eigenvalue weighted by atomic mass is 32.2. The Hall–Kier alpha value is -1.81. The molecule has 1 N–H and O–H groups in total. The Morgan fingerprint density at radius 3 is 2.50 bits per heavy atom. The van der Waals surface area contributed by atoms with Crippen LogP contribution in [0.2, 0.25) is 0 Å². The van der Waals surface area contributed by atoms with Gasteiger partial charge in [0.15, 0.2) is 5.78 Å². The van der Waals surface area contributed by atoms with E-state index in [0.29, 0.717) is 0 Å². The first-order valence-corrected chi connectivity index (χ1v) is 6.37. The van der Waals surface area contributed by atoms with Crippen molar-refractivity contribution in [2.75, 3.05) is 0 Å². The van der Waals surface area contributed by atoms with Crippen LogP contribution in [-0.4, -0.2) is 10.8 Å². The van der Waals surface area contributed by atoms with E-state index in [2.05, 4.69) is 4.98 Å². The van der Waals surface area contributed by atoms with Gasteiger partial charge in [-0.15, -0.1) is 0 Å². The number of hydrogen-bond donors (Lipinski definition) is 1. The van der Waals surface area contributed by atoms with E-state index >= 15 is 0 Å². The second kappa shape index (κ2) is 5.23. The topological polar surface area (TPSA) is 49.9 Å². The predicted molar refractivity (Wildman–Crippen MR) is 72.4 cm³/mol. The summed E-state index contributed by atoms with van der Waals surface area (Å²) in [6, 6.07) is 11.5. The fourth-order valence-electron chi connectivity index (χ4n) is 1.59. The Kier molecular flexibility index (Phi) is 3.67. The molecule has 0 amide bonds. The van der Waals surface area contributed by atoms with Gasteiger partial charge in [-0.1, -0.05) is 30.0 Å². The van der Waals surface area contributed by atoms with Crippen molar-refractivity contribution < 1.29 is 4.79 Å². The molecule has 2 rings (SSSR count). The van der Waals surface area contributed by atoms with Gasteiger partial charge in [0.2, 0.25) is 0 Å². The lowest BCUT2D eigenvalue weighted by molar-refractivity contribution is 0.101. The number of nitrogens with one attached hydrogen (secondary N) is 1.